The van der Waals surface area contributed by atoms with E-state index < -0.39 is 5.91 Å². The molecule has 158 valence electrons. The van der Waals surface area contributed by atoms with E-state index in [1.807, 2.05) is 0 Å². The third-order valence-electron chi connectivity index (χ3n) is 7.10. The van der Waals surface area contributed by atoms with Gasteiger partial charge >= 0.3 is 0 Å². The molecule has 1 saturated carbocycles. The zero-order valence-electron chi connectivity index (χ0n) is 17.2. The average molecular weight is 408 g/mol. The SMILES string of the molecule is NC(=O)c1cnc(NC2(c3ccc(C4CCN(C5COC5)CC4)cc3)CCC2)nc1. The summed E-state index contributed by atoms with van der Waals surface area (Å²) in [4.78, 5) is 22.4. The van der Waals surface area contributed by atoms with Crippen molar-refractivity contribution in [3.05, 3.63) is 53.3 Å². The molecule has 0 bridgehead atoms. The molecule has 1 aromatic heterocycles. The molecule has 0 spiro atoms. The molecule has 1 aromatic carbocycles. The molecular weight excluding hydrogens is 378 g/mol. The number of ether oxygens (including phenoxy) is 1. The molecule has 0 unspecified atom stereocenters. The minimum absolute atomic E-state index is 0.125. The summed E-state index contributed by atoms with van der Waals surface area (Å²) in [7, 11) is 0. The van der Waals surface area contributed by atoms with Crippen molar-refractivity contribution in [3.8, 4) is 0 Å². The first-order chi connectivity index (χ1) is 14.6. The maximum atomic E-state index is 11.2. The van der Waals surface area contributed by atoms with Crippen molar-refractivity contribution in [2.45, 2.75) is 49.6 Å². The number of primary amides is 1. The summed E-state index contributed by atoms with van der Waals surface area (Å²) in [5.41, 5.74) is 8.20. The Kier molecular flexibility index (Phi) is 5.16. The number of rotatable bonds is 6. The molecule has 3 N–H and O–H groups in total. The van der Waals surface area contributed by atoms with Crippen LogP contribution in [-0.2, 0) is 10.3 Å². The quantitative estimate of drug-likeness (QED) is 0.765. The van der Waals surface area contributed by atoms with Gasteiger partial charge in [0.25, 0.3) is 5.91 Å². The lowest BCUT2D eigenvalue weighted by Gasteiger charge is -2.43. The van der Waals surface area contributed by atoms with Crippen molar-refractivity contribution in [2.75, 3.05) is 31.6 Å². The maximum absolute atomic E-state index is 11.2. The lowest BCUT2D eigenvalue weighted by Crippen LogP contribution is -2.51. The third-order valence-corrected chi connectivity index (χ3v) is 7.10. The van der Waals surface area contributed by atoms with E-state index in [-0.39, 0.29) is 5.54 Å². The van der Waals surface area contributed by atoms with Crippen LogP contribution < -0.4 is 11.1 Å². The number of benzene rings is 1. The van der Waals surface area contributed by atoms with Crippen molar-refractivity contribution < 1.29 is 9.53 Å². The topological polar surface area (TPSA) is 93.4 Å². The van der Waals surface area contributed by atoms with Crippen molar-refractivity contribution >= 4 is 11.9 Å². The summed E-state index contributed by atoms with van der Waals surface area (Å²) in [5.74, 6) is 0.671. The van der Waals surface area contributed by atoms with Crippen LogP contribution in [0.15, 0.2) is 36.7 Å². The standard InChI is InChI=1S/C23H29N5O2/c24-21(29)18-12-25-22(26-13-18)27-23(8-1-9-23)19-4-2-16(3-5-19)17-6-10-28(11-7-17)20-14-30-15-20/h2-5,12-13,17,20H,1,6-11,14-15H2,(H2,24,29)(H,25,26,27). The molecule has 3 heterocycles. The number of aromatic nitrogens is 2. The fraction of sp³-hybridized carbons (Fsp3) is 0.522. The molecule has 2 saturated heterocycles. The number of nitrogens with zero attached hydrogens (tertiary/aromatic N) is 3. The molecule has 2 aliphatic heterocycles. The zero-order valence-corrected chi connectivity index (χ0v) is 17.2. The van der Waals surface area contributed by atoms with E-state index >= 15 is 0 Å². The highest BCUT2D eigenvalue weighted by Gasteiger charge is 2.39. The molecule has 7 heteroatoms. The monoisotopic (exact) mass is 407 g/mol. The number of nitrogens with one attached hydrogen (secondary N) is 1. The van der Waals surface area contributed by atoms with Gasteiger partial charge in [-0.2, -0.15) is 0 Å². The van der Waals surface area contributed by atoms with Crippen LogP contribution in [0.3, 0.4) is 0 Å². The normalized spacial score (nSPS) is 22.1. The van der Waals surface area contributed by atoms with Crippen LogP contribution in [0, 0.1) is 0 Å². The highest BCUT2D eigenvalue weighted by atomic mass is 16.5. The summed E-state index contributed by atoms with van der Waals surface area (Å²) < 4.78 is 5.34. The number of hydrogen-bond donors (Lipinski definition) is 2. The van der Waals surface area contributed by atoms with Crippen LogP contribution in [0.1, 0.15) is 59.5 Å². The summed E-state index contributed by atoms with van der Waals surface area (Å²) in [6.07, 6.45) is 8.69. The second-order valence-corrected chi connectivity index (χ2v) is 8.84. The average Bonchev–Trinajstić information content (AvgIpc) is 2.71. The highest BCUT2D eigenvalue weighted by Crippen LogP contribution is 2.44. The zero-order chi connectivity index (χ0) is 20.6. The van der Waals surface area contributed by atoms with Gasteiger partial charge in [-0.3, -0.25) is 9.69 Å². The van der Waals surface area contributed by atoms with E-state index in [2.05, 4.69) is 44.5 Å². The third kappa shape index (κ3) is 3.68. The van der Waals surface area contributed by atoms with Gasteiger partial charge in [-0.15, -0.1) is 0 Å². The Labute approximate surface area is 177 Å². The summed E-state index contributed by atoms with van der Waals surface area (Å²) in [5, 5.41) is 3.51. The Bertz CT molecular complexity index is 883. The predicted octanol–water partition coefficient (Wildman–Crippen LogP) is 2.64. The Morgan fingerprint density at radius 2 is 1.77 bits per heavy atom. The molecule has 1 amide bonds. The lowest BCUT2D eigenvalue weighted by atomic mass is 9.71. The number of likely N-dealkylation sites (tertiary alicyclic amines) is 1. The number of carbonyl (C=O) groups excluding carboxylic acids is 1. The fourth-order valence-electron chi connectivity index (χ4n) is 4.86. The van der Waals surface area contributed by atoms with E-state index in [4.69, 9.17) is 10.5 Å². The summed E-state index contributed by atoms with van der Waals surface area (Å²) in [6.45, 7) is 4.15. The van der Waals surface area contributed by atoms with E-state index in [1.165, 1.54) is 55.9 Å². The molecule has 0 atom stereocenters. The number of anilines is 1. The Balaban J connectivity index is 1.25. The molecular formula is C23H29N5O2. The number of carbonyl (C=O) groups is 1. The van der Waals surface area contributed by atoms with Crippen LogP contribution in [-0.4, -0.2) is 53.1 Å². The van der Waals surface area contributed by atoms with Gasteiger partial charge in [0.1, 0.15) is 0 Å². The Morgan fingerprint density at radius 1 is 1.10 bits per heavy atom. The minimum Gasteiger partial charge on any atom is -0.378 e. The second kappa shape index (κ2) is 7.96. The number of amides is 1. The van der Waals surface area contributed by atoms with Crippen LogP contribution >= 0.6 is 0 Å². The lowest BCUT2D eigenvalue weighted by molar-refractivity contribution is -0.0712. The van der Waals surface area contributed by atoms with Crippen molar-refractivity contribution in [2.24, 2.45) is 5.73 Å². The predicted molar refractivity (Wildman–Crippen MR) is 114 cm³/mol. The molecule has 1 aliphatic carbocycles. The van der Waals surface area contributed by atoms with Gasteiger partial charge in [0.15, 0.2) is 0 Å². The largest absolute Gasteiger partial charge is 0.378 e. The van der Waals surface area contributed by atoms with Gasteiger partial charge in [-0.05, 0) is 62.2 Å². The van der Waals surface area contributed by atoms with Gasteiger partial charge in [0.2, 0.25) is 5.95 Å². The van der Waals surface area contributed by atoms with Crippen LogP contribution in [0.5, 0.6) is 0 Å². The molecule has 3 aliphatic rings. The van der Waals surface area contributed by atoms with Crippen molar-refractivity contribution in [1.82, 2.24) is 14.9 Å². The highest BCUT2D eigenvalue weighted by molar-refractivity contribution is 5.92. The first-order valence-corrected chi connectivity index (χ1v) is 11.0. The van der Waals surface area contributed by atoms with Gasteiger partial charge in [0, 0.05) is 12.4 Å². The first kappa shape index (κ1) is 19.5. The van der Waals surface area contributed by atoms with Gasteiger partial charge in [-0.1, -0.05) is 24.3 Å². The number of piperidine rings is 1. The molecule has 7 nitrogen and oxygen atoms in total. The van der Waals surface area contributed by atoms with Crippen LogP contribution in [0.2, 0.25) is 0 Å². The fourth-order valence-corrected chi connectivity index (χ4v) is 4.86. The molecule has 30 heavy (non-hydrogen) atoms. The van der Waals surface area contributed by atoms with Crippen LogP contribution in [0.4, 0.5) is 5.95 Å². The van der Waals surface area contributed by atoms with E-state index in [0.29, 0.717) is 23.5 Å². The summed E-state index contributed by atoms with van der Waals surface area (Å²) >= 11 is 0. The smallest absolute Gasteiger partial charge is 0.251 e. The Hall–Kier alpha value is -2.51. The van der Waals surface area contributed by atoms with Crippen molar-refractivity contribution in [1.29, 1.82) is 0 Å². The minimum atomic E-state index is -0.512. The van der Waals surface area contributed by atoms with E-state index in [1.54, 1.807) is 0 Å². The first-order valence-electron chi connectivity index (χ1n) is 11.0. The number of nitrogens with two attached hydrogens (primary N) is 1. The summed E-state index contributed by atoms with van der Waals surface area (Å²) in [6, 6.07) is 9.80. The van der Waals surface area contributed by atoms with E-state index in [0.717, 1.165) is 26.1 Å². The maximum Gasteiger partial charge on any atom is 0.251 e. The second-order valence-electron chi connectivity index (χ2n) is 8.84. The molecule has 2 aromatic rings. The number of hydrogen-bond acceptors (Lipinski definition) is 6. The van der Waals surface area contributed by atoms with Gasteiger partial charge < -0.3 is 15.8 Å². The van der Waals surface area contributed by atoms with Gasteiger partial charge in [-0.25, -0.2) is 9.97 Å². The van der Waals surface area contributed by atoms with E-state index in [9.17, 15) is 4.79 Å². The molecule has 5 rings (SSSR count). The van der Waals surface area contributed by atoms with Crippen molar-refractivity contribution in [3.63, 3.8) is 0 Å². The molecule has 0 radical (unpaired) electrons. The van der Waals surface area contributed by atoms with Crippen LogP contribution in [0.25, 0.3) is 0 Å². The van der Waals surface area contributed by atoms with Gasteiger partial charge in [0.05, 0.1) is 30.4 Å². The Morgan fingerprint density at radius 3 is 2.27 bits per heavy atom. The molecule has 3 fully saturated rings.